The maximum atomic E-state index is 14.4. The second kappa shape index (κ2) is 37.2. The van der Waals surface area contributed by atoms with Crippen LogP contribution in [0.15, 0.2) is 30.3 Å². The Hall–Kier alpha value is -6.93. The van der Waals surface area contributed by atoms with Gasteiger partial charge in [-0.05, 0) is 97.0 Å². The molecule has 462 valence electrons. The van der Waals surface area contributed by atoms with Crippen LogP contribution in [0.3, 0.4) is 0 Å². The number of carbonyl (C=O) groups is 11. The van der Waals surface area contributed by atoms with Gasteiger partial charge < -0.3 is 102 Å². The van der Waals surface area contributed by atoms with E-state index in [1.165, 1.54) is 6.92 Å². The van der Waals surface area contributed by atoms with Crippen molar-refractivity contribution < 1.29 is 73.2 Å². The number of nitrogens with two attached hydrogens (primary N) is 4. The fourth-order valence-electron chi connectivity index (χ4n) is 8.41. The zero-order chi connectivity index (χ0) is 61.6. The molecule has 82 heavy (non-hydrogen) atoms. The molecule has 0 aliphatic carbocycles. The highest BCUT2D eigenvalue weighted by Crippen LogP contribution is 2.11. The van der Waals surface area contributed by atoms with Gasteiger partial charge in [-0.25, -0.2) is 0 Å². The van der Waals surface area contributed by atoms with Gasteiger partial charge in [0.25, 0.3) is 0 Å². The predicted octanol–water partition coefficient (Wildman–Crippen LogP) is -7.66. The lowest BCUT2D eigenvalue weighted by Crippen LogP contribution is -2.63. The molecule has 1 heterocycles. The Bertz CT molecular complexity index is 2260. The third-order valence-electron chi connectivity index (χ3n) is 13.1. The van der Waals surface area contributed by atoms with Crippen molar-refractivity contribution in [3.63, 3.8) is 0 Å². The summed E-state index contributed by atoms with van der Waals surface area (Å²) in [6.07, 6.45) is -4.09. The number of aliphatic hydroxyl groups is 4. The number of hydrogen-bond acceptors (Lipinski definition) is 19. The van der Waals surface area contributed by atoms with Crippen molar-refractivity contribution in [3.8, 4) is 0 Å². The second-order valence-electron chi connectivity index (χ2n) is 20.6. The third-order valence-corrected chi connectivity index (χ3v) is 13.1. The zero-order valence-corrected chi connectivity index (χ0v) is 47.4. The predicted molar refractivity (Wildman–Crippen MR) is 297 cm³/mol. The summed E-state index contributed by atoms with van der Waals surface area (Å²) >= 11 is 0. The molecule has 30 nitrogen and oxygen atoms in total. The molecule has 0 bridgehead atoms. The second-order valence-corrected chi connectivity index (χ2v) is 20.6. The van der Waals surface area contributed by atoms with Crippen molar-refractivity contribution in [1.29, 1.82) is 0 Å². The van der Waals surface area contributed by atoms with Crippen molar-refractivity contribution in [2.75, 3.05) is 39.3 Å². The fraction of sp³-hybridized carbons (Fsp3) is 0.673. The summed E-state index contributed by atoms with van der Waals surface area (Å²) in [6.45, 7) is 5.23. The molecule has 0 spiro atoms. The standard InChI is InChI=1S/C52H89N15O15/c1-27(2)11-9-10-14-39(72)58-32(15-20-53)46(76)66-42(30(5)71)52(82)64-38(26-68)49(79)61-36-19-24-57-50(80)40(28(3)69)65-47(77)35(18-23-56)60-43(73)34(17-22-55)62-51(81)41(29(4)70)67-48(78)37(25-31-12-7-6-8-13-31)63-44(74)33(16-21-54)59-45(36)75/h6-8,12-13,27-30,32-38,40-42,68-71H,9-11,14-26,53-56H2,1-5H3,(H,57,80)(H,58,72)(H,59,75)(H,60,73)(H,61,79)(H,62,81)(H,63,74)(H,64,82)(H,65,77)(H,66,76)(H,67,78)/t28-,29-,30-,32+,33+,34+,35+,36+,37-,38-,40+,41+,42+/m1/s1. The molecule has 1 aliphatic heterocycles. The van der Waals surface area contributed by atoms with Gasteiger partial charge in [-0.1, -0.05) is 57.0 Å². The van der Waals surface area contributed by atoms with Crippen molar-refractivity contribution in [2.45, 2.75) is 178 Å². The Balaban J connectivity index is 2.64. The number of nitrogens with one attached hydrogen (secondary N) is 11. The SMILES string of the molecule is CC(C)CCCCC(=O)N[C@@H](CCN)C(=O)N[C@H](C(=O)N[C@H](CO)C(=O)N[C@H]1CCNC(=O)[C@H]([C@@H](C)O)NC(=O)[C@H](CCN)NC(=O)[C@H](CCN)NC(=O)[C@H]([C@@H](C)O)NC(=O)[C@@H](Cc2ccccc2)NC(=O)[C@H](CCN)NC1=O)[C@@H](C)O. The largest absolute Gasteiger partial charge is 0.394 e. The van der Waals surface area contributed by atoms with Gasteiger partial charge in [-0.2, -0.15) is 0 Å². The Kier molecular flexibility index (Phi) is 32.3. The van der Waals surface area contributed by atoms with Gasteiger partial charge >= 0.3 is 0 Å². The summed E-state index contributed by atoms with van der Waals surface area (Å²) in [5.74, 6) is -10.6. The summed E-state index contributed by atoms with van der Waals surface area (Å²) in [5.41, 5.74) is 23.7. The molecule has 2 rings (SSSR count). The van der Waals surface area contributed by atoms with Crippen LogP contribution >= 0.6 is 0 Å². The zero-order valence-electron chi connectivity index (χ0n) is 47.4. The summed E-state index contributed by atoms with van der Waals surface area (Å²) in [7, 11) is 0. The molecule has 0 aromatic heterocycles. The van der Waals surface area contributed by atoms with Crippen molar-refractivity contribution in [2.24, 2.45) is 28.9 Å². The number of rotatable bonds is 26. The molecule has 0 saturated carbocycles. The molecule has 1 aliphatic rings. The first-order valence-corrected chi connectivity index (χ1v) is 27.6. The quantitative estimate of drug-likeness (QED) is 0.0383. The Morgan fingerprint density at radius 1 is 0.561 bits per heavy atom. The monoisotopic (exact) mass is 1160 g/mol. The lowest BCUT2D eigenvalue weighted by atomic mass is 10.0. The van der Waals surface area contributed by atoms with Crippen LogP contribution < -0.4 is 81.4 Å². The molecular weight excluding hydrogens is 1070 g/mol. The molecule has 23 N–H and O–H groups in total. The Morgan fingerprint density at radius 2 is 1.06 bits per heavy atom. The van der Waals surface area contributed by atoms with Crippen LogP contribution in [-0.2, 0) is 59.2 Å². The van der Waals surface area contributed by atoms with Crippen LogP contribution in [-0.4, -0.2) is 203 Å². The highest BCUT2D eigenvalue weighted by molar-refractivity contribution is 5.99. The van der Waals surface area contributed by atoms with E-state index in [0.29, 0.717) is 17.9 Å². The summed E-state index contributed by atoms with van der Waals surface area (Å²) < 4.78 is 0. The maximum Gasteiger partial charge on any atom is 0.245 e. The van der Waals surface area contributed by atoms with E-state index in [0.717, 1.165) is 26.7 Å². The number of carbonyl (C=O) groups excluding carboxylic acids is 11. The molecule has 1 saturated heterocycles. The van der Waals surface area contributed by atoms with Gasteiger partial charge in [0, 0.05) is 19.4 Å². The van der Waals surface area contributed by atoms with E-state index in [1.807, 2.05) is 13.8 Å². The molecular formula is C52H89N15O15. The minimum Gasteiger partial charge on any atom is -0.394 e. The van der Waals surface area contributed by atoms with Gasteiger partial charge in [0.05, 0.1) is 24.9 Å². The Morgan fingerprint density at radius 3 is 1.56 bits per heavy atom. The molecule has 13 atom stereocenters. The normalized spacial score (nSPS) is 23.3. The van der Waals surface area contributed by atoms with E-state index >= 15 is 0 Å². The first-order valence-electron chi connectivity index (χ1n) is 27.6. The molecule has 30 heteroatoms. The van der Waals surface area contributed by atoms with E-state index in [2.05, 4.69) is 58.5 Å². The van der Waals surface area contributed by atoms with Crippen LogP contribution in [0.5, 0.6) is 0 Å². The van der Waals surface area contributed by atoms with Crippen molar-refractivity contribution in [3.05, 3.63) is 35.9 Å². The van der Waals surface area contributed by atoms with Crippen LogP contribution in [0, 0.1) is 5.92 Å². The third kappa shape index (κ3) is 24.7. The molecule has 0 radical (unpaired) electrons. The molecule has 1 aromatic rings. The van der Waals surface area contributed by atoms with Crippen molar-refractivity contribution in [1.82, 2.24) is 58.5 Å². The van der Waals surface area contributed by atoms with Crippen LogP contribution in [0.25, 0.3) is 0 Å². The number of hydrogen-bond donors (Lipinski definition) is 19. The lowest BCUT2D eigenvalue weighted by Gasteiger charge is -2.29. The van der Waals surface area contributed by atoms with Crippen LogP contribution in [0.4, 0.5) is 0 Å². The van der Waals surface area contributed by atoms with E-state index in [-0.39, 0.29) is 64.7 Å². The summed E-state index contributed by atoms with van der Waals surface area (Å²) in [6, 6.07) is -8.01. The van der Waals surface area contributed by atoms with Crippen LogP contribution in [0.2, 0.25) is 0 Å². The summed E-state index contributed by atoms with van der Waals surface area (Å²) in [5, 5.41) is 69.2. The summed E-state index contributed by atoms with van der Waals surface area (Å²) in [4.78, 5) is 152. The number of aliphatic hydroxyl groups excluding tert-OH is 4. The molecule has 0 unspecified atom stereocenters. The number of benzene rings is 1. The van der Waals surface area contributed by atoms with Gasteiger partial charge in [0.15, 0.2) is 0 Å². The Labute approximate surface area is 477 Å². The number of unbranched alkanes of at least 4 members (excludes halogenated alkanes) is 1. The lowest BCUT2D eigenvalue weighted by molar-refractivity contribution is -0.137. The highest BCUT2D eigenvalue weighted by Gasteiger charge is 2.38. The highest BCUT2D eigenvalue weighted by atomic mass is 16.3. The molecule has 1 aromatic carbocycles. The first kappa shape index (κ1) is 71.2. The van der Waals surface area contributed by atoms with Gasteiger partial charge in [-0.15, -0.1) is 0 Å². The van der Waals surface area contributed by atoms with E-state index < -0.39 is 163 Å². The topological polar surface area (TPSA) is 505 Å². The van der Waals surface area contributed by atoms with E-state index in [4.69, 9.17) is 22.9 Å². The van der Waals surface area contributed by atoms with Gasteiger partial charge in [0.2, 0.25) is 65.0 Å². The van der Waals surface area contributed by atoms with E-state index in [1.54, 1.807) is 30.3 Å². The van der Waals surface area contributed by atoms with Crippen molar-refractivity contribution >= 4 is 65.0 Å². The smallest absolute Gasteiger partial charge is 0.245 e. The van der Waals surface area contributed by atoms with Gasteiger partial charge in [0.1, 0.15) is 60.4 Å². The average molecular weight is 1160 g/mol. The minimum absolute atomic E-state index is 0.0509. The number of amides is 11. The first-order chi connectivity index (χ1) is 38.8. The maximum absolute atomic E-state index is 14.4. The van der Waals surface area contributed by atoms with Gasteiger partial charge in [-0.3, -0.25) is 52.7 Å². The molecule has 1 fully saturated rings. The van der Waals surface area contributed by atoms with Crippen LogP contribution in [0.1, 0.15) is 98.0 Å². The average Bonchev–Trinajstić information content (AvgIpc) is 3.47. The minimum atomic E-state index is -1.91. The molecule has 11 amide bonds. The fourth-order valence-corrected chi connectivity index (χ4v) is 8.41. The van der Waals surface area contributed by atoms with E-state index in [9.17, 15) is 73.2 Å².